The van der Waals surface area contributed by atoms with Crippen LogP contribution in [0.1, 0.15) is 5.56 Å². The number of carbonyl (C=O) groups excluding carboxylic acids is 1. The molecule has 1 amide bonds. The van der Waals surface area contributed by atoms with Crippen molar-refractivity contribution in [3.8, 4) is 5.75 Å². The molecule has 0 heterocycles. The predicted molar refractivity (Wildman–Crippen MR) is 86.8 cm³/mol. The zero-order valence-electron chi connectivity index (χ0n) is 10.9. The van der Waals surface area contributed by atoms with Gasteiger partial charge in [0.25, 0.3) is 5.91 Å². The summed E-state index contributed by atoms with van der Waals surface area (Å²) in [5, 5.41) is 4.49. The molecule has 0 aliphatic heterocycles. The molecule has 0 radical (unpaired) electrons. The third kappa shape index (κ3) is 5.57. The van der Waals surface area contributed by atoms with E-state index in [9.17, 15) is 4.79 Å². The Bertz CT molecular complexity index is 627. The first-order valence-corrected chi connectivity index (χ1v) is 7.26. The number of hydrogen-bond donors (Lipinski definition) is 1. The van der Waals surface area contributed by atoms with Crippen molar-refractivity contribution in [2.24, 2.45) is 5.10 Å². The summed E-state index contributed by atoms with van der Waals surface area (Å²) in [4.78, 5) is 11.5. The minimum atomic E-state index is -0.330. The molecule has 0 saturated carbocycles. The number of nitrogens with one attached hydrogen (secondary N) is 1. The molecule has 0 saturated heterocycles. The standard InChI is InChI=1S/C15H12BrClN2O2/c16-12-3-7-14(8-4-12)21-10-15(20)19-18-9-11-1-5-13(17)6-2-11/h1-9H,10H2,(H,19,20)/b18-9+. The second-order valence-corrected chi connectivity index (χ2v) is 5.44. The van der Waals surface area contributed by atoms with Gasteiger partial charge in [0.1, 0.15) is 5.75 Å². The molecular weight excluding hydrogens is 356 g/mol. The molecule has 2 aromatic carbocycles. The van der Waals surface area contributed by atoms with Crippen molar-refractivity contribution >= 4 is 39.7 Å². The van der Waals surface area contributed by atoms with E-state index in [4.69, 9.17) is 16.3 Å². The average Bonchev–Trinajstić information content (AvgIpc) is 2.49. The van der Waals surface area contributed by atoms with Gasteiger partial charge in [-0.05, 0) is 42.0 Å². The maximum Gasteiger partial charge on any atom is 0.277 e. The third-order valence-corrected chi connectivity index (χ3v) is 3.24. The maximum atomic E-state index is 11.5. The highest BCUT2D eigenvalue weighted by Gasteiger charge is 2.01. The lowest BCUT2D eigenvalue weighted by Crippen LogP contribution is -2.24. The van der Waals surface area contributed by atoms with E-state index in [1.165, 1.54) is 6.21 Å². The second-order valence-electron chi connectivity index (χ2n) is 4.09. The fourth-order valence-corrected chi connectivity index (χ4v) is 1.83. The number of hydrazone groups is 1. The summed E-state index contributed by atoms with van der Waals surface area (Å²) in [6, 6.07) is 14.3. The highest BCUT2D eigenvalue weighted by molar-refractivity contribution is 9.10. The first-order chi connectivity index (χ1) is 10.1. The number of nitrogens with zero attached hydrogens (tertiary/aromatic N) is 1. The lowest BCUT2D eigenvalue weighted by molar-refractivity contribution is -0.123. The van der Waals surface area contributed by atoms with E-state index in [2.05, 4.69) is 26.5 Å². The van der Waals surface area contributed by atoms with Crippen molar-refractivity contribution in [2.75, 3.05) is 6.61 Å². The Morgan fingerprint density at radius 1 is 1.19 bits per heavy atom. The molecule has 0 bridgehead atoms. The van der Waals surface area contributed by atoms with E-state index in [0.717, 1.165) is 10.0 Å². The van der Waals surface area contributed by atoms with Crippen LogP contribution in [0, 0.1) is 0 Å². The Morgan fingerprint density at radius 2 is 1.86 bits per heavy atom. The number of hydrogen-bond acceptors (Lipinski definition) is 3. The van der Waals surface area contributed by atoms with Crippen LogP contribution in [-0.4, -0.2) is 18.7 Å². The zero-order valence-corrected chi connectivity index (χ0v) is 13.3. The SMILES string of the molecule is O=C(COc1ccc(Br)cc1)N/N=C/c1ccc(Cl)cc1. The van der Waals surface area contributed by atoms with E-state index >= 15 is 0 Å². The van der Waals surface area contributed by atoms with Crippen molar-refractivity contribution in [1.29, 1.82) is 0 Å². The van der Waals surface area contributed by atoms with Crippen LogP contribution in [0.25, 0.3) is 0 Å². The van der Waals surface area contributed by atoms with Crippen LogP contribution in [0.4, 0.5) is 0 Å². The highest BCUT2D eigenvalue weighted by Crippen LogP contribution is 2.15. The van der Waals surface area contributed by atoms with E-state index in [1.807, 2.05) is 12.1 Å². The van der Waals surface area contributed by atoms with E-state index in [0.29, 0.717) is 10.8 Å². The van der Waals surface area contributed by atoms with Crippen LogP contribution < -0.4 is 10.2 Å². The van der Waals surface area contributed by atoms with Gasteiger partial charge in [0.05, 0.1) is 6.21 Å². The van der Waals surface area contributed by atoms with Crippen molar-refractivity contribution in [1.82, 2.24) is 5.43 Å². The van der Waals surface area contributed by atoms with Gasteiger partial charge in [-0.2, -0.15) is 5.10 Å². The van der Waals surface area contributed by atoms with Gasteiger partial charge in [-0.3, -0.25) is 4.79 Å². The number of ether oxygens (including phenoxy) is 1. The molecule has 0 fully saturated rings. The molecule has 0 aliphatic rings. The highest BCUT2D eigenvalue weighted by atomic mass is 79.9. The summed E-state index contributed by atoms with van der Waals surface area (Å²) >= 11 is 9.10. The van der Waals surface area contributed by atoms with Gasteiger partial charge < -0.3 is 4.74 Å². The summed E-state index contributed by atoms with van der Waals surface area (Å²) < 4.78 is 6.27. The quantitative estimate of drug-likeness (QED) is 0.648. The lowest BCUT2D eigenvalue weighted by Gasteiger charge is -2.04. The Labute approximate surface area is 135 Å². The molecule has 108 valence electrons. The molecule has 1 N–H and O–H groups in total. The zero-order chi connectivity index (χ0) is 15.1. The summed E-state index contributed by atoms with van der Waals surface area (Å²) in [5.41, 5.74) is 3.23. The molecule has 2 rings (SSSR count). The molecule has 6 heteroatoms. The predicted octanol–water partition coefficient (Wildman–Crippen LogP) is 3.63. The van der Waals surface area contributed by atoms with Crippen molar-refractivity contribution < 1.29 is 9.53 Å². The number of halogens is 2. The smallest absolute Gasteiger partial charge is 0.277 e. The topological polar surface area (TPSA) is 50.7 Å². The van der Waals surface area contributed by atoms with Crippen molar-refractivity contribution in [2.45, 2.75) is 0 Å². The van der Waals surface area contributed by atoms with E-state index < -0.39 is 0 Å². The Kier molecular flexibility index (Phi) is 5.78. The molecule has 2 aromatic rings. The Hall–Kier alpha value is -1.85. The molecule has 0 aromatic heterocycles. The first kappa shape index (κ1) is 15.5. The number of carbonyl (C=O) groups is 1. The molecular formula is C15H12BrClN2O2. The summed E-state index contributed by atoms with van der Waals surface area (Å²) in [5.74, 6) is 0.290. The van der Waals surface area contributed by atoms with Gasteiger partial charge in [0.2, 0.25) is 0 Å². The van der Waals surface area contributed by atoms with Gasteiger partial charge in [-0.15, -0.1) is 0 Å². The largest absolute Gasteiger partial charge is 0.484 e. The third-order valence-electron chi connectivity index (χ3n) is 2.46. The average molecular weight is 368 g/mol. The van der Waals surface area contributed by atoms with Gasteiger partial charge >= 0.3 is 0 Å². The molecule has 0 atom stereocenters. The Balaban J connectivity index is 1.77. The second kappa shape index (κ2) is 7.81. The van der Waals surface area contributed by atoms with Crippen LogP contribution >= 0.6 is 27.5 Å². The number of rotatable bonds is 5. The van der Waals surface area contributed by atoms with Gasteiger partial charge in [0, 0.05) is 9.50 Å². The molecule has 4 nitrogen and oxygen atoms in total. The molecule has 0 aliphatic carbocycles. The van der Waals surface area contributed by atoms with Crippen LogP contribution in [0.15, 0.2) is 58.1 Å². The molecule has 0 spiro atoms. The van der Waals surface area contributed by atoms with Gasteiger partial charge in [-0.1, -0.05) is 39.7 Å². The monoisotopic (exact) mass is 366 g/mol. The van der Waals surface area contributed by atoms with Crippen molar-refractivity contribution in [3.63, 3.8) is 0 Å². The Morgan fingerprint density at radius 3 is 2.52 bits per heavy atom. The van der Waals surface area contributed by atoms with Gasteiger partial charge in [-0.25, -0.2) is 5.43 Å². The summed E-state index contributed by atoms with van der Waals surface area (Å²) in [6.07, 6.45) is 1.54. The van der Waals surface area contributed by atoms with Crippen LogP contribution in [0.2, 0.25) is 5.02 Å². The minimum absolute atomic E-state index is 0.0976. The van der Waals surface area contributed by atoms with E-state index in [1.54, 1.807) is 36.4 Å². The normalized spacial score (nSPS) is 10.6. The van der Waals surface area contributed by atoms with Crippen molar-refractivity contribution in [3.05, 3.63) is 63.6 Å². The number of benzene rings is 2. The minimum Gasteiger partial charge on any atom is -0.484 e. The number of amides is 1. The lowest BCUT2D eigenvalue weighted by atomic mass is 10.2. The summed E-state index contributed by atoms with van der Waals surface area (Å²) in [7, 11) is 0. The molecule has 21 heavy (non-hydrogen) atoms. The van der Waals surface area contributed by atoms with E-state index in [-0.39, 0.29) is 12.5 Å². The fourth-order valence-electron chi connectivity index (χ4n) is 1.44. The van der Waals surface area contributed by atoms with Crippen LogP contribution in [-0.2, 0) is 4.79 Å². The summed E-state index contributed by atoms with van der Waals surface area (Å²) in [6.45, 7) is -0.0976. The van der Waals surface area contributed by atoms with Gasteiger partial charge in [0.15, 0.2) is 6.61 Å². The fraction of sp³-hybridized carbons (Fsp3) is 0.0667. The molecule has 0 unspecified atom stereocenters. The van der Waals surface area contributed by atoms with Crippen LogP contribution in [0.5, 0.6) is 5.75 Å². The maximum absolute atomic E-state index is 11.5. The van der Waals surface area contributed by atoms with Crippen LogP contribution in [0.3, 0.4) is 0 Å². The first-order valence-electron chi connectivity index (χ1n) is 6.09.